The van der Waals surface area contributed by atoms with E-state index >= 15 is 0 Å². The number of nitrogens with zero attached hydrogens (tertiary/aromatic N) is 1. The van der Waals surface area contributed by atoms with Crippen molar-refractivity contribution >= 4 is 37.0 Å². The van der Waals surface area contributed by atoms with Crippen LogP contribution in [-0.2, 0) is 22.8 Å². The molecule has 2 rings (SSSR count). The zero-order valence-electron chi connectivity index (χ0n) is 28.6. The van der Waals surface area contributed by atoms with Gasteiger partial charge in [0, 0.05) is 0 Å². The highest BCUT2D eigenvalue weighted by Gasteiger charge is 2.63. The number of carbonyl (C=O) groups excluding carboxylic acids is 2. The molecule has 234 valence electrons. The number of carbonyl (C=O) groups is 2. The molecule has 0 spiro atoms. The summed E-state index contributed by atoms with van der Waals surface area (Å²) in [7, 11) is -6.80. The summed E-state index contributed by atoms with van der Waals surface area (Å²) in [4.78, 5) is 29.1. The van der Waals surface area contributed by atoms with Gasteiger partial charge in [0.05, 0.1) is 30.3 Å². The Morgan fingerprint density at radius 3 is 1.55 bits per heavy atom. The van der Waals surface area contributed by atoms with Crippen LogP contribution in [0, 0.1) is 5.92 Å². The van der Waals surface area contributed by atoms with Crippen molar-refractivity contribution in [2.45, 2.75) is 174 Å². The molecule has 2 fully saturated rings. The van der Waals surface area contributed by atoms with Crippen LogP contribution in [0.3, 0.4) is 0 Å². The lowest BCUT2D eigenvalue weighted by molar-refractivity contribution is -0.133. The monoisotopic (exact) mass is 615 g/mol. The largest absolute Gasteiger partial charge is 0.443 e. The van der Waals surface area contributed by atoms with Crippen molar-refractivity contribution < 1.29 is 27.6 Å². The van der Waals surface area contributed by atoms with E-state index in [1.165, 1.54) is 4.90 Å². The van der Waals surface area contributed by atoms with Gasteiger partial charge in [0.25, 0.3) is 0 Å². The van der Waals surface area contributed by atoms with Crippen LogP contribution in [0.2, 0.25) is 54.4 Å². The minimum absolute atomic E-state index is 0.0501. The Morgan fingerprint density at radius 1 is 0.750 bits per heavy atom. The minimum atomic E-state index is -2.34. The summed E-state index contributed by atoms with van der Waals surface area (Å²) >= 11 is 0. The van der Waals surface area contributed by atoms with Gasteiger partial charge in [-0.05, 0) is 81.6 Å². The van der Waals surface area contributed by atoms with E-state index in [-0.39, 0.29) is 16.0 Å². The predicted octanol–water partition coefficient (Wildman–Crippen LogP) is 8.32. The first-order chi connectivity index (χ1) is 17.9. The zero-order valence-corrected chi connectivity index (χ0v) is 31.6. The summed E-state index contributed by atoms with van der Waals surface area (Å²) in [5.74, 6) is -0.678. The molecular formula is C30H61NO6Si3. The smallest absolute Gasteiger partial charge is 0.417 e. The molecule has 10 heteroatoms. The molecule has 1 saturated carbocycles. The molecule has 1 saturated heterocycles. The Kier molecular flexibility index (Phi) is 10.6. The highest BCUT2D eigenvalue weighted by molar-refractivity contribution is 6.75. The Bertz CT molecular complexity index is 906. The normalized spacial score (nSPS) is 26.9. The van der Waals surface area contributed by atoms with E-state index in [2.05, 4.69) is 88.5 Å². The first-order valence-corrected chi connectivity index (χ1v) is 23.8. The van der Waals surface area contributed by atoms with Gasteiger partial charge in [-0.25, -0.2) is 9.69 Å². The van der Waals surface area contributed by atoms with Crippen LogP contribution >= 0.6 is 0 Å². The van der Waals surface area contributed by atoms with Gasteiger partial charge in [-0.15, -0.1) is 0 Å². The van der Waals surface area contributed by atoms with Gasteiger partial charge < -0.3 is 18.0 Å². The van der Waals surface area contributed by atoms with Crippen LogP contribution < -0.4 is 0 Å². The maximum absolute atomic E-state index is 14.2. The number of amides is 2. The summed E-state index contributed by atoms with van der Waals surface area (Å²) in [5, 5.41) is -0.107. The van der Waals surface area contributed by atoms with E-state index in [4.69, 9.17) is 18.0 Å². The Morgan fingerprint density at radius 2 is 1.18 bits per heavy atom. The summed E-state index contributed by atoms with van der Waals surface area (Å²) in [5.41, 5.74) is -0.717. The van der Waals surface area contributed by atoms with Crippen molar-refractivity contribution in [3.8, 4) is 0 Å². The molecule has 5 atom stereocenters. The molecule has 0 N–H and O–H groups in total. The average molecular weight is 616 g/mol. The van der Waals surface area contributed by atoms with Crippen LogP contribution in [0.5, 0.6) is 0 Å². The number of rotatable bonds is 9. The van der Waals surface area contributed by atoms with Crippen LogP contribution in [-0.4, -0.2) is 71.8 Å². The van der Waals surface area contributed by atoms with Gasteiger partial charge >= 0.3 is 6.09 Å². The van der Waals surface area contributed by atoms with Gasteiger partial charge in [-0.3, -0.25) is 4.79 Å². The van der Waals surface area contributed by atoms with Gasteiger partial charge in [-0.1, -0.05) is 62.3 Å². The van der Waals surface area contributed by atoms with Gasteiger partial charge in [0.2, 0.25) is 5.91 Å². The molecule has 0 aromatic heterocycles. The summed E-state index contributed by atoms with van der Waals surface area (Å²) < 4.78 is 27.5. The van der Waals surface area contributed by atoms with Crippen LogP contribution in [0.25, 0.3) is 0 Å². The molecule has 40 heavy (non-hydrogen) atoms. The molecule has 2 amide bonds. The van der Waals surface area contributed by atoms with Crippen molar-refractivity contribution in [1.29, 1.82) is 0 Å². The van der Waals surface area contributed by atoms with Crippen molar-refractivity contribution in [1.82, 2.24) is 4.90 Å². The van der Waals surface area contributed by atoms with Crippen LogP contribution in [0.1, 0.15) is 89.5 Å². The molecule has 1 heterocycles. The van der Waals surface area contributed by atoms with E-state index in [0.29, 0.717) is 6.42 Å². The third-order valence-corrected chi connectivity index (χ3v) is 23.8. The second-order valence-corrected chi connectivity index (χ2v) is 30.3. The fraction of sp³-hybridized carbons (Fsp3) is 0.933. The van der Waals surface area contributed by atoms with Gasteiger partial charge in [0.1, 0.15) is 5.60 Å². The first-order valence-electron chi connectivity index (χ1n) is 15.5. The number of fused-ring (bicyclic) bond motifs is 2. The second-order valence-electron chi connectivity index (χ2n) is 16.1. The molecule has 2 aliphatic rings. The topological polar surface area (TPSA) is 74.3 Å². The Balaban J connectivity index is 2.78. The maximum Gasteiger partial charge on any atom is 0.417 e. The number of imide groups is 1. The van der Waals surface area contributed by atoms with E-state index in [1.54, 1.807) is 0 Å². The average Bonchev–Trinajstić information content (AvgIpc) is 3.08. The van der Waals surface area contributed by atoms with Crippen molar-refractivity contribution in [3.63, 3.8) is 0 Å². The minimum Gasteiger partial charge on any atom is -0.443 e. The third-order valence-electron chi connectivity index (χ3n) is 10.2. The molecule has 1 aliphatic heterocycles. The lowest BCUT2D eigenvalue weighted by Crippen LogP contribution is -2.64. The van der Waals surface area contributed by atoms with Crippen LogP contribution in [0.15, 0.2) is 0 Å². The zero-order chi connectivity index (χ0) is 31.3. The fourth-order valence-corrected chi connectivity index (χ4v) is 10.8. The van der Waals surface area contributed by atoms with E-state index in [1.807, 2.05) is 20.8 Å². The van der Waals surface area contributed by atoms with Gasteiger partial charge in [0.15, 0.2) is 25.0 Å². The predicted molar refractivity (Wildman–Crippen MR) is 171 cm³/mol. The van der Waals surface area contributed by atoms with Crippen molar-refractivity contribution in [3.05, 3.63) is 0 Å². The Hall–Kier alpha value is -0.529. The fourth-order valence-electron chi connectivity index (χ4n) is 5.29. The molecule has 0 aromatic carbocycles. The molecule has 0 radical (unpaired) electrons. The SMILES string of the molecule is CC[Si](CC)(CC)O[C@@H]1[C@@H](O[Si](C)(C)C(C)(C)C)[C@H]2C[C@@H]([C@@H]1O[Si](C)(C)C(C)(C)C)N(C(=O)OC(C)(C)C)C2=O. The Labute approximate surface area is 248 Å². The quantitative estimate of drug-likeness (QED) is 0.243. The van der Waals surface area contributed by atoms with Crippen molar-refractivity contribution in [2.75, 3.05) is 0 Å². The summed E-state index contributed by atoms with van der Waals surface area (Å²) in [6.45, 7) is 34.4. The molecule has 0 aromatic rings. The van der Waals surface area contributed by atoms with E-state index in [0.717, 1.165) is 18.1 Å². The highest BCUT2D eigenvalue weighted by Crippen LogP contribution is 2.49. The second kappa shape index (κ2) is 11.9. The number of hydrogen-bond acceptors (Lipinski definition) is 6. The number of likely N-dealkylation sites (tertiary alicyclic amines) is 1. The number of ether oxygens (including phenoxy) is 1. The maximum atomic E-state index is 14.2. The molecular weight excluding hydrogens is 555 g/mol. The summed E-state index contributed by atoms with van der Waals surface area (Å²) in [6.07, 6.45) is -1.44. The van der Waals surface area contributed by atoms with E-state index in [9.17, 15) is 9.59 Å². The number of hydrogen-bond donors (Lipinski definition) is 0. The molecule has 1 aliphatic carbocycles. The van der Waals surface area contributed by atoms with Crippen molar-refractivity contribution in [2.24, 2.45) is 5.92 Å². The van der Waals surface area contributed by atoms with E-state index < -0.39 is 66.9 Å². The molecule has 7 nitrogen and oxygen atoms in total. The lowest BCUT2D eigenvalue weighted by Gasteiger charge is -2.51. The highest BCUT2D eigenvalue weighted by atomic mass is 28.4. The third kappa shape index (κ3) is 7.33. The molecule has 0 unspecified atom stereocenters. The van der Waals surface area contributed by atoms with Gasteiger partial charge in [-0.2, -0.15) is 0 Å². The van der Waals surface area contributed by atoms with Crippen LogP contribution in [0.4, 0.5) is 4.79 Å². The first kappa shape index (κ1) is 35.7. The summed E-state index contributed by atoms with van der Waals surface area (Å²) in [6, 6.07) is 2.50. The lowest BCUT2D eigenvalue weighted by atomic mass is 9.83. The molecule has 2 bridgehead atoms. The standard InChI is InChI=1S/C30H61NO6Si3/c1-17-40(18-2,19-3)37-25-23(35-38(13,14)29(7,8)9)21-20-22(24(25)36-39(15,16)30(10,11)12)31(26(21)32)27(33)34-28(4,5)6/h21-25H,17-20H2,1-16H3/t21-,22+,23+,24+,25-/m1/s1.